The van der Waals surface area contributed by atoms with E-state index >= 15 is 0 Å². The van der Waals surface area contributed by atoms with Crippen LogP contribution in [0.5, 0.6) is 5.75 Å². The molecule has 19 heavy (non-hydrogen) atoms. The van der Waals surface area contributed by atoms with Gasteiger partial charge >= 0.3 is 0 Å². The summed E-state index contributed by atoms with van der Waals surface area (Å²) in [5.41, 5.74) is 1.09. The second-order valence-electron chi connectivity index (χ2n) is 4.88. The molecule has 0 fully saturated rings. The molecule has 1 aromatic rings. The first-order valence-corrected chi connectivity index (χ1v) is 6.69. The highest BCUT2D eigenvalue weighted by Gasteiger charge is 2.21. The molecule has 0 aromatic heterocycles. The summed E-state index contributed by atoms with van der Waals surface area (Å²) in [7, 11) is 0. The van der Waals surface area contributed by atoms with Crippen molar-refractivity contribution in [1.82, 2.24) is 0 Å². The Morgan fingerprint density at radius 3 is 2.26 bits per heavy atom. The third-order valence-corrected chi connectivity index (χ3v) is 3.72. The van der Waals surface area contributed by atoms with Crippen molar-refractivity contribution in [2.75, 3.05) is 0 Å². The molecule has 2 N–H and O–H groups in total. The van der Waals surface area contributed by atoms with E-state index in [1.807, 2.05) is 6.92 Å². The molecular formula is C15H18Cl2O2. The Labute approximate surface area is 124 Å². The maximum absolute atomic E-state index is 9.48. The fraction of sp³-hybridized carbons (Fsp3) is 0.333. The van der Waals surface area contributed by atoms with Crippen molar-refractivity contribution in [3.8, 4) is 5.75 Å². The van der Waals surface area contributed by atoms with Crippen molar-refractivity contribution in [2.24, 2.45) is 0 Å². The number of aliphatic hydroxyl groups is 1. The SMILES string of the molecule is CC1=C(Cl)C=CC(C)(O)C1.Cc1c(O)cccc1Cl. The molecule has 1 aliphatic carbocycles. The van der Waals surface area contributed by atoms with Crippen LogP contribution in [0.3, 0.4) is 0 Å². The topological polar surface area (TPSA) is 40.5 Å². The summed E-state index contributed by atoms with van der Waals surface area (Å²) in [4.78, 5) is 0. The third-order valence-electron chi connectivity index (χ3n) is 2.86. The van der Waals surface area contributed by atoms with E-state index in [0.29, 0.717) is 11.4 Å². The van der Waals surface area contributed by atoms with E-state index in [9.17, 15) is 5.11 Å². The van der Waals surface area contributed by atoms with E-state index in [1.165, 1.54) is 0 Å². The van der Waals surface area contributed by atoms with Gasteiger partial charge < -0.3 is 10.2 Å². The van der Waals surface area contributed by atoms with Gasteiger partial charge in [0.05, 0.1) is 5.60 Å². The Morgan fingerprint density at radius 1 is 1.21 bits per heavy atom. The first-order valence-electron chi connectivity index (χ1n) is 5.94. The standard InChI is InChI=1S/C8H11ClO.C7H7ClO/c1-6-5-8(2,10)4-3-7(6)9;1-5-6(8)3-2-4-7(5)9/h3-4,10H,5H2,1-2H3;2-4,9H,1H3. The second-order valence-corrected chi connectivity index (χ2v) is 5.69. The Kier molecular flexibility index (Phi) is 5.48. The van der Waals surface area contributed by atoms with Gasteiger partial charge in [0.25, 0.3) is 0 Å². The lowest BCUT2D eigenvalue weighted by atomic mass is 9.93. The second kappa shape index (κ2) is 6.47. The monoisotopic (exact) mass is 300 g/mol. The lowest BCUT2D eigenvalue weighted by Crippen LogP contribution is -2.23. The van der Waals surface area contributed by atoms with Crippen LogP contribution in [0.15, 0.2) is 41.0 Å². The highest BCUT2D eigenvalue weighted by atomic mass is 35.5. The van der Waals surface area contributed by atoms with Crippen LogP contribution in [0.1, 0.15) is 25.8 Å². The Hall–Kier alpha value is -0.960. The zero-order chi connectivity index (χ0) is 14.6. The molecule has 0 aliphatic heterocycles. The van der Waals surface area contributed by atoms with Gasteiger partial charge in [-0.05, 0) is 39.0 Å². The average Bonchev–Trinajstić information content (AvgIpc) is 2.32. The molecule has 0 amide bonds. The fourth-order valence-electron chi connectivity index (χ4n) is 1.67. The van der Waals surface area contributed by atoms with Crippen molar-refractivity contribution in [2.45, 2.75) is 32.8 Å². The maximum atomic E-state index is 9.48. The molecule has 0 saturated heterocycles. The maximum Gasteiger partial charge on any atom is 0.119 e. The van der Waals surface area contributed by atoms with Crippen molar-refractivity contribution >= 4 is 23.2 Å². The van der Waals surface area contributed by atoms with Crippen LogP contribution in [-0.4, -0.2) is 15.8 Å². The van der Waals surface area contributed by atoms with E-state index in [-0.39, 0.29) is 5.75 Å². The van der Waals surface area contributed by atoms with Gasteiger partial charge in [0.2, 0.25) is 0 Å². The number of benzene rings is 1. The zero-order valence-electron chi connectivity index (χ0n) is 11.2. The zero-order valence-corrected chi connectivity index (χ0v) is 12.8. The molecule has 1 aromatic carbocycles. The first-order chi connectivity index (χ1) is 8.73. The third kappa shape index (κ3) is 4.90. The van der Waals surface area contributed by atoms with Crippen LogP contribution in [-0.2, 0) is 0 Å². The summed E-state index contributed by atoms with van der Waals surface area (Å²) in [6, 6.07) is 5.07. The lowest BCUT2D eigenvalue weighted by molar-refractivity contribution is 0.110. The van der Waals surface area contributed by atoms with Crippen molar-refractivity contribution in [3.05, 3.63) is 51.5 Å². The summed E-state index contributed by atoms with van der Waals surface area (Å²) in [6.07, 6.45) is 4.12. The number of hydrogen-bond donors (Lipinski definition) is 2. The largest absolute Gasteiger partial charge is 0.508 e. The number of rotatable bonds is 0. The van der Waals surface area contributed by atoms with E-state index in [0.717, 1.165) is 16.2 Å². The number of allylic oxidation sites excluding steroid dienone is 2. The normalized spacial score (nSPS) is 22.0. The molecule has 0 heterocycles. The minimum atomic E-state index is -0.692. The Bertz CT molecular complexity index is 497. The highest BCUT2D eigenvalue weighted by molar-refractivity contribution is 6.31. The van der Waals surface area contributed by atoms with Crippen molar-refractivity contribution < 1.29 is 10.2 Å². The quantitative estimate of drug-likeness (QED) is 0.737. The fourth-order valence-corrected chi connectivity index (χ4v) is 1.97. The molecule has 1 aliphatic rings. The predicted octanol–water partition coefficient (Wildman–Crippen LogP) is 4.56. The van der Waals surface area contributed by atoms with E-state index in [4.69, 9.17) is 28.3 Å². The number of hydrogen-bond acceptors (Lipinski definition) is 2. The molecule has 2 rings (SSSR count). The van der Waals surface area contributed by atoms with E-state index in [1.54, 1.807) is 44.2 Å². The summed E-state index contributed by atoms with van der Waals surface area (Å²) in [6.45, 7) is 5.48. The summed E-state index contributed by atoms with van der Waals surface area (Å²) >= 11 is 11.4. The lowest BCUT2D eigenvalue weighted by Gasteiger charge is -2.23. The minimum absolute atomic E-state index is 0.252. The molecular weight excluding hydrogens is 283 g/mol. The van der Waals surface area contributed by atoms with Crippen LogP contribution in [0.25, 0.3) is 0 Å². The van der Waals surface area contributed by atoms with Crippen LogP contribution in [0, 0.1) is 6.92 Å². The van der Waals surface area contributed by atoms with Crippen LogP contribution in [0.4, 0.5) is 0 Å². The molecule has 0 saturated carbocycles. The Balaban J connectivity index is 0.000000191. The van der Waals surface area contributed by atoms with E-state index in [2.05, 4.69) is 0 Å². The predicted molar refractivity (Wildman–Crippen MR) is 80.8 cm³/mol. The summed E-state index contributed by atoms with van der Waals surface area (Å²) in [5.74, 6) is 0.252. The smallest absolute Gasteiger partial charge is 0.119 e. The first kappa shape index (κ1) is 16.1. The number of phenols is 1. The summed E-state index contributed by atoms with van der Waals surface area (Å²) < 4.78 is 0. The number of aromatic hydroxyl groups is 1. The van der Waals surface area contributed by atoms with Gasteiger partial charge in [0, 0.05) is 22.0 Å². The number of phenolic OH excluding ortho intramolecular Hbond substituents is 1. The van der Waals surface area contributed by atoms with Crippen molar-refractivity contribution in [3.63, 3.8) is 0 Å². The number of halogens is 2. The molecule has 2 nitrogen and oxygen atoms in total. The van der Waals surface area contributed by atoms with E-state index < -0.39 is 5.60 Å². The van der Waals surface area contributed by atoms with Gasteiger partial charge in [-0.15, -0.1) is 0 Å². The molecule has 1 atom stereocenters. The molecule has 4 heteroatoms. The van der Waals surface area contributed by atoms with Gasteiger partial charge in [-0.25, -0.2) is 0 Å². The molecule has 1 unspecified atom stereocenters. The van der Waals surface area contributed by atoms with Gasteiger partial charge in [0.1, 0.15) is 5.75 Å². The van der Waals surface area contributed by atoms with Gasteiger partial charge in [-0.3, -0.25) is 0 Å². The highest BCUT2D eigenvalue weighted by Crippen LogP contribution is 2.27. The molecule has 0 spiro atoms. The summed E-state index contributed by atoms with van der Waals surface area (Å²) in [5, 5.41) is 19.9. The van der Waals surface area contributed by atoms with Crippen LogP contribution in [0.2, 0.25) is 5.02 Å². The van der Waals surface area contributed by atoms with Crippen LogP contribution < -0.4 is 0 Å². The Morgan fingerprint density at radius 2 is 1.84 bits per heavy atom. The van der Waals surface area contributed by atoms with Crippen LogP contribution >= 0.6 is 23.2 Å². The molecule has 104 valence electrons. The van der Waals surface area contributed by atoms with Gasteiger partial charge in [0.15, 0.2) is 0 Å². The minimum Gasteiger partial charge on any atom is -0.508 e. The van der Waals surface area contributed by atoms with Gasteiger partial charge in [-0.1, -0.05) is 40.9 Å². The van der Waals surface area contributed by atoms with Crippen molar-refractivity contribution in [1.29, 1.82) is 0 Å². The molecule has 0 radical (unpaired) electrons. The molecule has 0 bridgehead atoms. The van der Waals surface area contributed by atoms with Gasteiger partial charge in [-0.2, -0.15) is 0 Å². The average molecular weight is 301 g/mol.